The number of aromatic hydroxyl groups is 3. The van der Waals surface area contributed by atoms with Gasteiger partial charge >= 0.3 is 0 Å². The summed E-state index contributed by atoms with van der Waals surface area (Å²) in [6.07, 6.45) is -16.9. The molecule has 0 bridgehead atoms. The van der Waals surface area contributed by atoms with Gasteiger partial charge in [-0.1, -0.05) is 0 Å². The molecule has 0 spiro atoms. The monoisotopic (exact) mass is 578 g/mol. The third-order valence-electron chi connectivity index (χ3n) is 7.66. The minimum atomic E-state index is -1.98. The van der Waals surface area contributed by atoms with Crippen molar-refractivity contribution in [1.29, 1.82) is 0 Å². The van der Waals surface area contributed by atoms with E-state index in [4.69, 9.17) is 13.9 Å². The van der Waals surface area contributed by atoms with E-state index in [2.05, 4.69) is 0 Å². The van der Waals surface area contributed by atoms with Crippen LogP contribution in [0, 0.1) is 0 Å². The van der Waals surface area contributed by atoms with Crippen LogP contribution in [0.1, 0.15) is 30.3 Å². The second-order valence-electron chi connectivity index (χ2n) is 10.2. The van der Waals surface area contributed by atoms with E-state index in [9.17, 15) is 55.9 Å². The van der Waals surface area contributed by atoms with Gasteiger partial charge in [-0.25, -0.2) is 0 Å². The summed E-state index contributed by atoms with van der Waals surface area (Å²) in [6, 6.07) is 6.51. The van der Waals surface area contributed by atoms with Crippen molar-refractivity contribution in [3.63, 3.8) is 0 Å². The molecule has 2 saturated heterocycles. The summed E-state index contributed by atoms with van der Waals surface area (Å²) < 4.78 is 17.2. The van der Waals surface area contributed by atoms with E-state index in [0.29, 0.717) is 5.56 Å². The molecular formula is C27H30O14. The molecule has 14 nitrogen and oxygen atoms in total. The van der Waals surface area contributed by atoms with Crippen molar-refractivity contribution in [2.75, 3.05) is 6.61 Å². The first-order valence-electron chi connectivity index (χ1n) is 12.7. The van der Waals surface area contributed by atoms with Gasteiger partial charge in [-0.15, -0.1) is 0 Å². The van der Waals surface area contributed by atoms with Crippen LogP contribution in [0.3, 0.4) is 0 Å². The zero-order valence-corrected chi connectivity index (χ0v) is 21.5. The van der Waals surface area contributed by atoms with Gasteiger partial charge in [-0.2, -0.15) is 0 Å². The summed E-state index contributed by atoms with van der Waals surface area (Å²) in [7, 11) is 0. The number of hydrogen-bond donors (Lipinski definition) is 10. The van der Waals surface area contributed by atoms with Crippen molar-refractivity contribution < 1.29 is 65.0 Å². The average Bonchev–Trinajstić information content (AvgIpc) is 2.94. The predicted molar refractivity (Wildman–Crippen MR) is 137 cm³/mol. The highest BCUT2D eigenvalue weighted by molar-refractivity contribution is 5.92. The zero-order valence-electron chi connectivity index (χ0n) is 21.5. The van der Waals surface area contributed by atoms with Gasteiger partial charge in [-0.05, 0) is 31.2 Å². The van der Waals surface area contributed by atoms with Crippen molar-refractivity contribution in [2.24, 2.45) is 0 Å². The molecule has 41 heavy (non-hydrogen) atoms. The lowest BCUT2D eigenvalue weighted by Crippen LogP contribution is -2.55. The minimum absolute atomic E-state index is 0.0719. The van der Waals surface area contributed by atoms with Crippen molar-refractivity contribution in [3.05, 3.63) is 51.7 Å². The number of phenols is 3. The van der Waals surface area contributed by atoms with E-state index in [1.807, 2.05) is 0 Å². The average molecular weight is 579 g/mol. The Bertz CT molecular complexity index is 1480. The highest BCUT2D eigenvalue weighted by Gasteiger charge is 2.49. The molecule has 0 unspecified atom stereocenters. The lowest BCUT2D eigenvalue weighted by molar-refractivity contribution is -0.232. The summed E-state index contributed by atoms with van der Waals surface area (Å²) in [5.74, 6) is -2.01. The molecule has 3 heterocycles. The first-order valence-corrected chi connectivity index (χ1v) is 12.7. The number of aliphatic hydroxyl groups excluding tert-OH is 7. The lowest BCUT2D eigenvalue weighted by atomic mass is 9.85. The number of rotatable bonds is 4. The van der Waals surface area contributed by atoms with Crippen LogP contribution in [0.15, 0.2) is 39.5 Å². The summed E-state index contributed by atoms with van der Waals surface area (Å²) in [6.45, 7) is 0.552. The Morgan fingerprint density at radius 1 is 0.732 bits per heavy atom. The smallest absolute Gasteiger partial charge is 0.197 e. The van der Waals surface area contributed by atoms with Crippen LogP contribution in [0.5, 0.6) is 17.2 Å². The molecule has 2 aliphatic rings. The molecule has 0 saturated carbocycles. The standard InChI is InChI=1S/C27H30O14/c1-8-17(31)21(35)23(37)27(39-8)16-20(34)15(26-24(38)22(36)18(32)13(7-28)41-26)19(33)14-11(30)6-12(40-25(14)16)9-2-4-10(29)5-3-9/h2-6,8,13,17-18,21-24,26-29,31-38H,7H2,1H3/t8-,13+,17-,18-,21+,22+,23+,24+,26-,27-/m0/s1. The lowest BCUT2D eigenvalue weighted by Gasteiger charge is -2.42. The van der Waals surface area contributed by atoms with Gasteiger partial charge < -0.3 is 65.0 Å². The quantitative estimate of drug-likeness (QED) is 0.172. The third-order valence-corrected chi connectivity index (χ3v) is 7.66. The second-order valence-corrected chi connectivity index (χ2v) is 10.2. The number of benzene rings is 2. The molecular weight excluding hydrogens is 548 g/mol. The number of fused-ring (bicyclic) bond motifs is 1. The highest BCUT2D eigenvalue weighted by Crippen LogP contribution is 2.50. The van der Waals surface area contributed by atoms with E-state index in [-0.39, 0.29) is 11.5 Å². The van der Waals surface area contributed by atoms with Crippen LogP contribution in [-0.4, -0.2) is 107 Å². The van der Waals surface area contributed by atoms with E-state index in [1.165, 1.54) is 31.2 Å². The molecule has 14 heteroatoms. The van der Waals surface area contributed by atoms with Crippen molar-refractivity contribution >= 4 is 11.0 Å². The molecule has 3 aromatic rings. The molecule has 0 amide bonds. The van der Waals surface area contributed by atoms with Gasteiger partial charge in [0.15, 0.2) is 11.0 Å². The Labute approximate surface area is 231 Å². The van der Waals surface area contributed by atoms with Crippen LogP contribution >= 0.6 is 0 Å². The summed E-state index contributed by atoms with van der Waals surface area (Å²) in [5.41, 5.74) is -2.16. The van der Waals surface area contributed by atoms with E-state index >= 15 is 0 Å². The first-order chi connectivity index (χ1) is 19.4. The molecule has 0 aliphatic carbocycles. The predicted octanol–water partition coefficient (Wildman–Crippen LogP) is -1.37. The van der Waals surface area contributed by atoms with Crippen molar-refractivity contribution in [3.8, 4) is 28.6 Å². The first kappa shape index (κ1) is 29.2. The van der Waals surface area contributed by atoms with Crippen LogP contribution in [0.25, 0.3) is 22.3 Å². The Hall–Kier alpha value is -3.31. The molecule has 2 aliphatic heterocycles. The zero-order chi connectivity index (χ0) is 29.9. The normalized spacial score (nSPS) is 34.1. The second kappa shape index (κ2) is 10.8. The van der Waals surface area contributed by atoms with Crippen molar-refractivity contribution in [1.82, 2.24) is 0 Å². The highest BCUT2D eigenvalue weighted by atomic mass is 16.5. The molecule has 1 aromatic heterocycles. The maximum atomic E-state index is 13.4. The van der Waals surface area contributed by atoms with Gasteiger partial charge in [0.2, 0.25) is 0 Å². The molecule has 222 valence electrons. The summed E-state index contributed by atoms with van der Waals surface area (Å²) in [5, 5.41) is 104. The fourth-order valence-corrected chi connectivity index (χ4v) is 5.34. The van der Waals surface area contributed by atoms with E-state index in [1.54, 1.807) is 0 Å². The van der Waals surface area contributed by atoms with Crippen LogP contribution in [-0.2, 0) is 9.47 Å². The molecule has 5 rings (SSSR count). The fourth-order valence-electron chi connectivity index (χ4n) is 5.34. The van der Waals surface area contributed by atoms with Gasteiger partial charge in [0, 0.05) is 11.6 Å². The van der Waals surface area contributed by atoms with Crippen LogP contribution in [0.4, 0.5) is 0 Å². The molecule has 2 fully saturated rings. The van der Waals surface area contributed by atoms with E-state index < -0.39 is 107 Å². The van der Waals surface area contributed by atoms with Gasteiger partial charge in [0.05, 0.1) is 23.8 Å². The molecule has 10 N–H and O–H groups in total. The SMILES string of the molecule is C[C@@H]1O[C@@H](c2c(O)c([C@@H]3O[C@H](CO)[C@H](O)[C@@H](O)[C@H]3O)c(O)c3c(=O)cc(-c4ccc(O)cc4)oc23)[C@H](O)[C@H](O)[C@H]1O. The van der Waals surface area contributed by atoms with Gasteiger partial charge in [-0.3, -0.25) is 4.79 Å². The van der Waals surface area contributed by atoms with Crippen LogP contribution in [0.2, 0.25) is 0 Å². The maximum Gasteiger partial charge on any atom is 0.197 e. The maximum absolute atomic E-state index is 13.4. The summed E-state index contributed by atoms with van der Waals surface area (Å²) >= 11 is 0. The Kier molecular flexibility index (Phi) is 7.71. The van der Waals surface area contributed by atoms with Gasteiger partial charge in [0.1, 0.15) is 83.3 Å². The van der Waals surface area contributed by atoms with Crippen LogP contribution < -0.4 is 5.43 Å². The Balaban J connectivity index is 1.81. The topological polar surface area (TPSA) is 251 Å². The molecule has 10 atom stereocenters. The van der Waals surface area contributed by atoms with E-state index in [0.717, 1.165) is 6.07 Å². The number of hydrogen-bond acceptors (Lipinski definition) is 14. The minimum Gasteiger partial charge on any atom is -0.508 e. The Morgan fingerprint density at radius 3 is 1.93 bits per heavy atom. The Morgan fingerprint density at radius 2 is 1.32 bits per heavy atom. The summed E-state index contributed by atoms with van der Waals surface area (Å²) in [4.78, 5) is 13.4. The number of ether oxygens (including phenoxy) is 2. The molecule has 2 aromatic carbocycles. The largest absolute Gasteiger partial charge is 0.508 e. The van der Waals surface area contributed by atoms with Gasteiger partial charge in [0.25, 0.3) is 0 Å². The number of aliphatic hydroxyl groups is 7. The molecule has 0 radical (unpaired) electrons. The fraction of sp³-hybridized carbons (Fsp3) is 0.444. The number of phenolic OH excluding ortho intramolecular Hbond substituents is 3. The van der Waals surface area contributed by atoms with Crippen molar-refractivity contribution in [2.45, 2.75) is 68.0 Å². The third kappa shape index (κ3) is 4.72.